The highest BCUT2D eigenvalue weighted by Gasteiger charge is 2.25. The zero-order valence-electron chi connectivity index (χ0n) is 13.2. The Bertz CT molecular complexity index is 669. The normalized spacial score (nSPS) is 19.6. The van der Waals surface area contributed by atoms with Crippen LogP contribution in [0.3, 0.4) is 0 Å². The van der Waals surface area contributed by atoms with Gasteiger partial charge in [0.15, 0.2) is 0 Å². The molecule has 0 saturated carbocycles. The van der Waals surface area contributed by atoms with Crippen molar-refractivity contribution >= 4 is 11.3 Å². The van der Waals surface area contributed by atoms with Crippen molar-refractivity contribution in [2.45, 2.75) is 12.2 Å². The van der Waals surface area contributed by atoms with E-state index in [1.54, 1.807) is 41.8 Å². The summed E-state index contributed by atoms with van der Waals surface area (Å²) in [6.45, 7) is 2.89. The first-order valence-corrected chi connectivity index (χ1v) is 8.67. The number of aromatic nitrogens is 1. The fourth-order valence-corrected chi connectivity index (χ4v) is 3.26. The van der Waals surface area contributed by atoms with Crippen LogP contribution < -0.4 is 4.74 Å². The number of aliphatic hydroxyl groups excluding tert-OH is 1. The van der Waals surface area contributed by atoms with Gasteiger partial charge >= 0.3 is 0 Å². The van der Waals surface area contributed by atoms with E-state index < -0.39 is 6.10 Å². The second-order valence-corrected chi connectivity index (χ2v) is 6.52. The molecule has 24 heavy (non-hydrogen) atoms. The number of benzene rings is 1. The summed E-state index contributed by atoms with van der Waals surface area (Å²) >= 11 is 1.59. The Morgan fingerprint density at radius 2 is 2.29 bits per heavy atom. The van der Waals surface area contributed by atoms with Gasteiger partial charge in [-0.2, -0.15) is 5.26 Å². The summed E-state index contributed by atoms with van der Waals surface area (Å²) in [5.41, 5.74) is 0.587. The van der Waals surface area contributed by atoms with Crippen molar-refractivity contribution in [3.8, 4) is 11.8 Å². The Kier molecular flexibility index (Phi) is 5.77. The van der Waals surface area contributed by atoms with Crippen LogP contribution in [0, 0.1) is 11.3 Å². The number of β-amino-alcohol motifs (C(OH)–C–C–N with tert-alkyl or cyclic N) is 1. The maximum absolute atomic E-state index is 10.2. The highest BCUT2D eigenvalue weighted by molar-refractivity contribution is 7.09. The highest BCUT2D eigenvalue weighted by Crippen LogP contribution is 2.23. The SMILES string of the molecule is N#Cc1ccc(OC[C@@H](O)CN2CCO[C@@H](c3nccs3)C2)cc1. The molecule has 2 atom stereocenters. The molecule has 1 aromatic carbocycles. The summed E-state index contributed by atoms with van der Waals surface area (Å²) in [7, 11) is 0. The van der Waals surface area contributed by atoms with E-state index in [0.29, 0.717) is 24.5 Å². The number of morpholine rings is 1. The molecule has 1 saturated heterocycles. The fraction of sp³-hybridized carbons (Fsp3) is 0.412. The van der Waals surface area contributed by atoms with Gasteiger partial charge in [-0.05, 0) is 24.3 Å². The molecule has 0 spiro atoms. The van der Waals surface area contributed by atoms with Crippen LogP contribution in [0.1, 0.15) is 16.7 Å². The summed E-state index contributed by atoms with van der Waals surface area (Å²) in [4.78, 5) is 6.47. The molecule has 1 fully saturated rings. The smallest absolute Gasteiger partial charge is 0.123 e. The average molecular weight is 345 g/mol. The van der Waals surface area contributed by atoms with Crippen molar-refractivity contribution in [2.75, 3.05) is 32.8 Å². The van der Waals surface area contributed by atoms with Crippen LogP contribution in [0.2, 0.25) is 0 Å². The molecule has 2 aromatic rings. The maximum Gasteiger partial charge on any atom is 0.123 e. The van der Waals surface area contributed by atoms with Gasteiger partial charge in [0.05, 0.1) is 18.2 Å². The lowest BCUT2D eigenvalue weighted by Crippen LogP contribution is -2.43. The van der Waals surface area contributed by atoms with E-state index >= 15 is 0 Å². The number of nitriles is 1. The van der Waals surface area contributed by atoms with Crippen LogP contribution in [0.4, 0.5) is 0 Å². The minimum atomic E-state index is -0.587. The first-order valence-electron chi connectivity index (χ1n) is 7.79. The minimum Gasteiger partial charge on any atom is -0.491 e. The standard InChI is InChI=1S/C17H19N3O3S/c18-9-13-1-3-15(4-2-13)23-12-14(21)10-20-6-7-22-16(11-20)17-19-5-8-24-17/h1-5,8,14,16,21H,6-7,10-12H2/t14-,16+/m0/s1. The van der Waals surface area contributed by atoms with Gasteiger partial charge in [0, 0.05) is 31.2 Å². The van der Waals surface area contributed by atoms with Crippen molar-refractivity contribution in [1.29, 1.82) is 5.26 Å². The van der Waals surface area contributed by atoms with E-state index in [4.69, 9.17) is 14.7 Å². The number of thiazole rings is 1. The quantitative estimate of drug-likeness (QED) is 0.860. The number of ether oxygens (including phenoxy) is 2. The second-order valence-electron chi connectivity index (χ2n) is 5.59. The molecule has 1 aliphatic rings. The Balaban J connectivity index is 1.45. The van der Waals surface area contributed by atoms with Crippen LogP contribution in [-0.2, 0) is 4.74 Å². The molecule has 0 radical (unpaired) electrons. The van der Waals surface area contributed by atoms with Gasteiger partial charge < -0.3 is 14.6 Å². The van der Waals surface area contributed by atoms with E-state index in [1.165, 1.54) is 0 Å². The Labute approximate surface area is 144 Å². The average Bonchev–Trinajstić information content (AvgIpc) is 3.15. The molecule has 126 valence electrons. The first kappa shape index (κ1) is 16.9. The monoisotopic (exact) mass is 345 g/mol. The lowest BCUT2D eigenvalue weighted by Gasteiger charge is -2.33. The van der Waals surface area contributed by atoms with Gasteiger partial charge in [-0.25, -0.2) is 4.98 Å². The topological polar surface area (TPSA) is 78.6 Å². The van der Waals surface area contributed by atoms with Crippen molar-refractivity contribution in [2.24, 2.45) is 0 Å². The maximum atomic E-state index is 10.2. The third-order valence-electron chi connectivity index (χ3n) is 3.77. The molecule has 2 heterocycles. The number of rotatable bonds is 6. The van der Waals surface area contributed by atoms with Gasteiger partial charge in [0.25, 0.3) is 0 Å². The first-order chi connectivity index (χ1) is 11.7. The molecule has 6 nitrogen and oxygen atoms in total. The third-order valence-corrected chi connectivity index (χ3v) is 4.64. The lowest BCUT2D eigenvalue weighted by atomic mass is 10.2. The number of hydrogen-bond acceptors (Lipinski definition) is 7. The molecule has 1 N–H and O–H groups in total. The fourth-order valence-electron chi connectivity index (χ4n) is 2.58. The summed E-state index contributed by atoms with van der Waals surface area (Å²) in [6.07, 6.45) is 1.17. The predicted octanol–water partition coefficient (Wildman–Crippen LogP) is 1.83. The van der Waals surface area contributed by atoms with Crippen molar-refractivity contribution in [3.63, 3.8) is 0 Å². The van der Waals surface area contributed by atoms with Gasteiger partial charge in [-0.15, -0.1) is 11.3 Å². The molecule has 0 aliphatic carbocycles. The zero-order chi connectivity index (χ0) is 16.8. The van der Waals surface area contributed by atoms with E-state index in [2.05, 4.69) is 16.0 Å². The summed E-state index contributed by atoms with van der Waals surface area (Å²) in [5.74, 6) is 0.649. The number of aliphatic hydroxyl groups is 1. The molecule has 1 aromatic heterocycles. The highest BCUT2D eigenvalue weighted by atomic mass is 32.1. The van der Waals surface area contributed by atoms with Crippen LogP contribution >= 0.6 is 11.3 Å². The van der Waals surface area contributed by atoms with Gasteiger partial charge in [0.1, 0.15) is 29.6 Å². The summed E-state index contributed by atoms with van der Waals surface area (Å²) < 4.78 is 11.3. The van der Waals surface area contributed by atoms with Crippen molar-refractivity contribution < 1.29 is 14.6 Å². The van der Waals surface area contributed by atoms with Crippen LogP contribution in [0.15, 0.2) is 35.8 Å². The molecule has 3 rings (SSSR count). The van der Waals surface area contributed by atoms with Crippen LogP contribution in [0.25, 0.3) is 0 Å². The van der Waals surface area contributed by atoms with Crippen molar-refractivity contribution in [3.05, 3.63) is 46.4 Å². The van der Waals surface area contributed by atoms with Crippen molar-refractivity contribution in [1.82, 2.24) is 9.88 Å². The van der Waals surface area contributed by atoms with Gasteiger partial charge in [0.2, 0.25) is 0 Å². The molecule has 7 heteroatoms. The lowest BCUT2D eigenvalue weighted by molar-refractivity contribution is -0.0460. The molecular formula is C17H19N3O3S. The largest absolute Gasteiger partial charge is 0.491 e. The second kappa shape index (κ2) is 8.22. The molecular weight excluding hydrogens is 326 g/mol. The van der Waals surface area contributed by atoms with Crippen LogP contribution in [0.5, 0.6) is 5.75 Å². The Morgan fingerprint density at radius 1 is 1.46 bits per heavy atom. The zero-order valence-corrected chi connectivity index (χ0v) is 14.0. The van der Waals surface area contributed by atoms with Crippen LogP contribution in [-0.4, -0.2) is 53.9 Å². The molecule has 0 amide bonds. The Hall–Kier alpha value is -1.98. The number of nitrogens with zero attached hydrogens (tertiary/aromatic N) is 3. The van der Waals surface area contributed by atoms with Gasteiger partial charge in [-0.3, -0.25) is 4.90 Å². The molecule has 0 unspecified atom stereocenters. The minimum absolute atomic E-state index is 0.0228. The Morgan fingerprint density at radius 3 is 3.00 bits per heavy atom. The molecule has 0 bridgehead atoms. The number of hydrogen-bond donors (Lipinski definition) is 1. The van der Waals surface area contributed by atoms with E-state index in [9.17, 15) is 5.11 Å². The van der Waals surface area contributed by atoms with Gasteiger partial charge in [-0.1, -0.05) is 0 Å². The van der Waals surface area contributed by atoms with E-state index in [1.807, 2.05) is 5.38 Å². The predicted molar refractivity (Wildman–Crippen MR) is 89.9 cm³/mol. The molecule has 1 aliphatic heterocycles. The van der Waals surface area contributed by atoms with E-state index in [0.717, 1.165) is 18.1 Å². The third kappa shape index (κ3) is 4.52. The summed E-state index contributed by atoms with van der Waals surface area (Å²) in [6, 6.07) is 8.92. The van der Waals surface area contributed by atoms with E-state index in [-0.39, 0.29) is 12.7 Å². The summed E-state index contributed by atoms with van der Waals surface area (Å²) in [5, 5.41) is 21.9.